The van der Waals surface area contributed by atoms with Gasteiger partial charge in [0, 0.05) is 12.6 Å². The van der Waals surface area contributed by atoms with Crippen LogP contribution in [-0.2, 0) is 0 Å². The maximum absolute atomic E-state index is 13.1. The molecule has 0 amide bonds. The smallest absolute Gasteiger partial charge is 0.144 e. The molecule has 5 heteroatoms. The molecule has 0 aromatic heterocycles. The third-order valence-electron chi connectivity index (χ3n) is 3.07. The Morgan fingerprint density at radius 3 is 2.62 bits per heavy atom. The molecule has 0 saturated heterocycles. The van der Waals surface area contributed by atoms with E-state index in [1.54, 1.807) is 30.3 Å². The SMILES string of the molecule is COc1cc(F)ccc1NCC(O)c1ccc(C#N)cc1. The van der Waals surface area contributed by atoms with Gasteiger partial charge in [0.1, 0.15) is 11.6 Å². The minimum absolute atomic E-state index is 0.244. The third kappa shape index (κ3) is 3.71. The Hall–Kier alpha value is -2.58. The highest BCUT2D eigenvalue weighted by molar-refractivity contribution is 5.56. The van der Waals surface area contributed by atoms with Gasteiger partial charge in [-0.3, -0.25) is 0 Å². The number of nitrogens with zero attached hydrogens (tertiary/aromatic N) is 1. The quantitative estimate of drug-likeness (QED) is 0.887. The average Bonchev–Trinajstić information content (AvgIpc) is 2.53. The third-order valence-corrected chi connectivity index (χ3v) is 3.07. The Morgan fingerprint density at radius 2 is 2.00 bits per heavy atom. The maximum Gasteiger partial charge on any atom is 0.144 e. The van der Waals surface area contributed by atoms with Gasteiger partial charge in [-0.2, -0.15) is 5.26 Å². The molecular formula is C16H15FN2O2. The average molecular weight is 286 g/mol. The zero-order valence-electron chi connectivity index (χ0n) is 11.5. The maximum atomic E-state index is 13.1. The van der Waals surface area contributed by atoms with E-state index in [-0.39, 0.29) is 12.4 Å². The molecule has 108 valence electrons. The van der Waals surface area contributed by atoms with E-state index in [4.69, 9.17) is 10.00 Å². The summed E-state index contributed by atoms with van der Waals surface area (Å²) in [4.78, 5) is 0. The van der Waals surface area contributed by atoms with Crippen molar-refractivity contribution in [1.29, 1.82) is 5.26 Å². The Labute approximate surface area is 122 Å². The van der Waals surface area contributed by atoms with E-state index in [0.29, 0.717) is 22.6 Å². The van der Waals surface area contributed by atoms with Crippen molar-refractivity contribution < 1.29 is 14.2 Å². The van der Waals surface area contributed by atoms with E-state index in [9.17, 15) is 9.50 Å². The number of rotatable bonds is 5. The van der Waals surface area contributed by atoms with Crippen LogP contribution in [0.4, 0.5) is 10.1 Å². The van der Waals surface area contributed by atoms with Crippen molar-refractivity contribution >= 4 is 5.69 Å². The first kappa shape index (κ1) is 14.8. The van der Waals surface area contributed by atoms with Gasteiger partial charge in [-0.25, -0.2) is 4.39 Å². The van der Waals surface area contributed by atoms with Crippen LogP contribution in [0.1, 0.15) is 17.2 Å². The molecule has 2 N–H and O–H groups in total. The van der Waals surface area contributed by atoms with Crippen LogP contribution in [0.2, 0.25) is 0 Å². The molecule has 2 aromatic rings. The lowest BCUT2D eigenvalue weighted by molar-refractivity contribution is 0.191. The van der Waals surface area contributed by atoms with Gasteiger partial charge >= 0.3 is 0 Å². The first-order valence-corrected chi connectivity index (χ1v) is 6.39. The topological polar surface area (TPSA) is 65.3 Å². The van der Waals surface area contributed by atoms with Crippen LogP contribution in [-0.4, -0.2) is 18.8 Å². The van der Waals surface area contributed by atoms with E-state index >= 15 is 0 Å². The summed E-state index contributed by atoms with van der Waals surface area (Å²) in [6.07, 6.45) is -0.743. The van der Waals surface area contributed by atoms with Crippen LogP contribution >= 0.6 is 0 Å². The largest absolute Gasteiger partial charge is 0.494 e. The highest BCUT2D eigenvalue weighted by atomic mass is 19.1. The number of anilines is 1. The number of hydrogen-bond donors (Lipinski definition) is 2. The summed E-state index contributed by atoms with van der Waals surface area (Å²) in [5.41, 5.74) is 1.84. The van der Waals surface area contributed by atoms with Gasteiger partial charge in [0.25, 0.3) is 0 Å². The van der Waals surface area contributed by atoms with Gasteiger partial charge in [0.2, 0.25) is 0 Å². The highest BCUT2D eigenvalue weighted by Crippen LogP contribution is 2.25. The van der Waals surface area contributed by atoms with E-state index in [0.717, 1.165) is 0 Å². The summed E-state index contributed by atoms with van der Waals surface area (Å²) in [5, 5.41) is 21.8. The fourth-order valence-corrected chi connectivity index (χ4v) is 1.92. The van der Waals surface area contributed by atoms with Gasteiger partial charge in [-0.05, 0) is 29.8 Å². The second-order valence-corrected chi connectivity index (χ2v) is 4.48. The van der Waals surface area contributed by atoms with Crippen molar-refractivity contribution in [1.82, 2.24) is 0 Å². The second kappa shape index (κ2) is 6.73. The van der Waals surface area contributed by atoms with Gasteiger partial charge in [-0.15, -0.1) is 0 Å². The summed E-state index contributed by atoms with van der Waals surface area (Å²) in [7, 11) is 1.46. The molecule has 1 unspecified atom stereocenters. The Bertz CT molecular complexity index is 650. The zero-order chi connectivity index (χ0) is 15.2. The molecule has 2 aromatic carbocycles. The fourth-order valence-electron chi connectivity index (χ4n) is 1.92. The number of halogens is 1. The summed E-state index contributed by atoms with van der Waals surface area (Å²) < 4.78 is 18.2. The summed E-state index contributed by atoms with van der Waals surface area (Å²) in [6.45, 7) is 0.244. The van der Waals surface area contributed by atoms with Crippen LogP contribution in [0.3, 0.4) is 0 Å². The van der Waals surface area contributed by atoms with Crippen molar-refractivity contribution in [3.8, 4) is 11.8 Å². The second-order valence-electron chi connectivity index (χ2n) is 4.48. The number of hydrogen-bond acceptors (Lipinski definition) is 4. The number of aliphatic hydroxyl groups excluding tert-OH is 1. The first-order chi connectivity index (χ1) is 10.1. The van der Waals surface area contributed by atoms with E-state index in [1.807, 2.05) is 6.07 Å². The summed E-state index contributed by atoms with van der Waals surface area (Å²) in [6, 6.07) is 12.9. The lowest BCUT2D eigenvalue weighted by Gasteiger charge is -2.15. The van der Waals surface area contributed by atoms with Crippen LogP contribution in [0.25, 0.3) is 0 Å². The van der Waals surface area contributed by atoms with E-state index in [1.165, 1.54) is 19.2 Å². The van der Waals surface area contributed by atoms with Crippen molar-refractivity contribution in [3.05, 3.63) is 59.4 Å². The molecule has 0 saturated carbocycles. The molecule has 4 nitrogen and oxygen atoms in total. The van der Waals surface area contributed by atoms with Gasteiger partial charge < -0.3 is 15.2 Å². The number of nitriles is 1. The number of nitrogens with one attached hydrogen (secondary N) is 1. The van der Waals surface area contributed by atoms with Crippen LogP contribution in [0.15, 0.2) is 42.5 Å². The molecule has 0 aliphatic rings. The van der Waals surface area contributed by atoms with Crippen molar-refractivity contribution in [2.45, 2.75) is 6.10 Å². The first-order valence-electron chi connectivity index (χ1n) is 6.39. The number of methoxy groups -OCH3 is 1. The zero-order valence-corrected chi connectivity index (χ0v) is 11.5. The van der Waals surface area contributed by atoms with Gasteiger partial charge in [-0.1, -0.05) is 12.1 Å². The van der Waals surface area contributed by atoms with Gasteiger partial charge in [0.15, 0.2) is 0 Å². The predicted molar refractivity (Wildman–Crippen MR) is 77.6 cm³/mol. The Kier molecular flexibility index (Phi) is 4.75. The molecule has 0 fully saturated rings. The molecular weight excluding hydrogens is 271 g/mol. The molecule has 0 bridgehead atoms. The molecule has 0 aliphatic heterocycles. The van der Waals surface area contributed by atoms with Crippen LogP contribution in [0, 0.1) is 17.1 Å². The number of benzene rings is 2. The standard InChI is InChI=1S/C16H15FN2O2/c1-21-16-8-13(17)6-7-14(16)19-10-15(20)12-4-2-11(9-18)3-5-12/h2-8,15,19-20H,10H2,1H3. The lowest BCUT2D eigenvalue weighted by Crippen LogP contribution is -2.12. The number of ether oxygens (including phenoxy) is 1. The molecule has 2 rings (SSSR count). The van der Waals surface area contributed by atoms with Crippen molar-refractivity contribution in [2.24, 2.45) is 0 Å². The van der Waals surface area contributed by atoms with Gasteiger partial charge in [0.05, 0.1) is 30.5 Å². The summed E-state index contributed by atoms with van der Waals surface area (Å²) in [5.74, 6) is -0.00734. The molecule has 0 aliphatic carbocycles. The normalized spacial score (nSPS) is 11.5. The fraction of sp³-hybridized carbons (Fsp3) is 0.188. The lowest BCUT2D eigenvalue weighted by atomic mass is 10.1. The van der Waals surface area contributed by atoms with Crippen molar-refractivity contribution in [3.63, 3.8) is 0 Å². The highest BCUT2D eigenvalue weighted by Gasteiger charge is 2.10. The molecule has 0 spiro atoms. The van der Waals surface area contributed by atoms with Crippen LogP contribution < -0.4 is 10.1 Å². The molecule has 0 heterocycles. The van der Waals surface area contributed by atoms with Crippen LogP contribution in [0.5, 0.6) is 5.75 Å². The van der Waals surface area contributed by atoms with Crippen molar-refractivity contribution in [2.75, 3.05) is 19.0 Å². The molecule has 0 radical (unpaired) electrons. The monoisotopic (exact) mass is 286 g/mol. The van der Waals surface area contributed by atoms with E-state index in [2.05, 4.69) is 5.32 Å². The van der Waals surface area contributed by atoms with E-state index < -0.39 is 6.10 Å². The minimum atomic E-state index is -0.743. The Balaban J connectivity index is 2.03. The predicted octanol–water partition coefficient (Wildman–Crippen LogP) is 2.85. The summed E-state index contributed by atoms with van der Waals surface area (Å²) >= 11 is 0. The Morgan fingerprint density at radius 1 is 1.29 bits per heavy atom. The molecule has 21 heavy (non-hydrogen) atoms. The minimum Gasteiger partial charge on any atom is -0.494 e. The molecule has 1 atom stereocenters. The number of aliphatic hydroxyl groups is 1.